The molecule has 1 aromatic rings. The molecule has 5 N–H and O–H groups in total. The highest BCUT2D eigenvalue weighted by Gasteiger charge is 2.28. The maximum Gasteiger partial charge on any atom is 0.133 e. The molecule has 0 saturated carbocycles. The Morgan fingerprint density at radius 3 is 2.86 bits per heavy atom. The summed E-state index contributed by atoms with van der Waals surface area (Å²) in [5, 5.41) is 18.3. The first-order valence-electron chi connectivity index (χ1n) is 10.4. The summed E-state index contributed by atoms with van der Waals surface area (Å²) in [5.41, 5.74) is 4.56. The lowest BCUT2D eigenvalue weighted by atomic mass is 9.95. The van der Waals surface area contributed by atoms with Crippen molar-refractivity contribution in [3.05, 3.63) is 28.3 Å². The van der Waals surface area contributed by atoms with E-state index < -0.39 is 0 Å². The smallest absolute Gasteiger partial charge is 0.133 e. The molecule has 6 nitrogen and oxygen atoms in total. The molecule has 1 saturated heterocycles. The number of allylic oxidation sites excluding steroid dienone is 1. The van der Waals surface area contributed by atoms with E-state index in [-0.39, 0.29) is 12.5 Å². The second kappa shape index (κ2) is 8.59. The number of anilines is 1. The average molecular weight is 406 g/mol. The zero-order valence-electron chi connectivity index (χ0n) is 17.0. The Hall–Kier alpha value is -1.31. The van der Waals surface area contributed by atoms with Crippen molar-refractivity contribution in [1.29, 1.82) is 0 Å². The maximum absolute atomic E-state index is 6.97. The summed E-state index contributed by atoms with van der Waals surface area (Å²) >= 11 is 6.97. The van der Waals surface area contributed by atoms with Gasteiger partial charge in [-0.15, -0.1) is 0 Å². The Morgan fingerprint density at radius 2 is 2.04 bits per heavy atom. The lowest BCUT2D eigenvalue weighted by Crippen LogP contribution is -2.63. The zero-order valence-corrected chi connectivity index (χ0v) is 17.7. The molecule has 0 aromatic heterocycles. The summed E-state index contributed by atoms with van der Waals surface area (Å²) in [7, 11) is 1.98. The number of rotatable bonds is 4. The van der Waals surface area contributed by atoms with E-state index in [1.807, 2.05) is 7.05 Å². The zero-order chi connectivity index (χ0) is 19.7. The Labute approximate surface area is 172 Å². The predicted molar refractivity (Wildman–Crippen MR) is 116 cm³/mol. The van der Waals surface area contributed by atoms with Gasteiger partial charge in [0.05, 0.1) is 23.5 Å². The van der Waals surface area contributed by atoms with Crippen molar-refractivity contribution in [1.82, 2.24) is 21.3 Å². The molecule has 154 valence electrons. The fourth-order valence-corrected chi connectivity index (χ4v) is 4.67. The fraction of sp³-hybridized carbons (Fsp3) is 0.619. The van der Waals surface area contributed by atoms with Gasteiger partial charge in [0.2, 0.25) is 0 Å². The van der Waals surface area contributed by atoms with Gasteiger partial charge in [0.15, 0.2) is 0 Å². The lowest BCUT2D eigenvalue weighted by Gasteiger charge is -2.37. The van der Waals surface area contributed by atoms with Crippen LogP contribution in [-0.2, 0) is 6.42 Å². The van der Waals surface area contributed by atoms with Crippen LogP contribution >= 0.6 is 11.6 Å². The molecule has 0 spiro atoms. The number of benzene rings is 1. The van der Waals surface area contributed by atoms with Crippen molar-refractivity contribution in [2.75, 3.05) is 25.5 Å². The van der Waals surface area contributed by atoms with Crippen molar-refractivity contribution in [3.63, 3.8) is 0 Å². The molecular weight excluding hydrogens is 374 g/mol. The minimum atomic E-state index is -0.0447. The van der Waals surface area contributed by atoms with Gasteiger partial charge < -0.3 is 20.7 Å². The van der Waals surface area contributed by atoms with Crippen LogP contribution in [0, 0.1) is 0 Å². The van der Waals surface area contributed by atoms with Crippen LogP contribution in [0.4, 0.5) is 5.69 Å². The Kier molecular flexibility index (Phi) is 6.13. The second-order valence-electron chi connectivity index (χ2n) is 8.17. The molecule has 1 fully saturated rings. The van der Waals surface area contributed by atoms with Crippen LogP contribution in [0.2, 0.25) is 5.02 Å². The normalized spacial score (nSPS) is 30.2. The molecule has 4 atom stereocenters. The number of nitrogens with one attached hydrogen (secondary N) is 5. The van der Waals surface area contributed by atoms with Crippen molar-refractivity contribution < 1.29 is 4.74 Å². The lowest BCUT2D eigenvalue weighted by molar-refractivity contribution is 0.249. The summed E-state index contributed by atoms with van der Waals surface area (Å²) in [6.45, 7) is 6.03. The summed E-state index contributed by atoms with van der Waals surface area (Å²) in [6.07, 6.45) is 6.56. The van der Waals surface area contributed by atoms with Gasteiger partial charge >= 0.3 is 0 Å². The molecule has 7 heteroatoms. The third kappa shape index (κ3) is 4.16. The van der Waals surface area contributed by atoms with Crippen LogP contribution in [0.5, 0.6) is 5.75 Å². The van der Waals surface area contributed by atoms with Gasteiger partial charge in [-0.25, -0.2) is 0 Å². The summed E-state index contributed by atoms with van der Waals surface area (Å²) in [6, 6.07) is 3.08. The molecule has 28 heavy (non-hydrogen) atoms. The first-order valence-corrected chi connectivity index (χ1v) is 10.8. The molecule has 0 radical (unpaired) electrons. The molecule has 3 aliphatic heterocycles. The highest BCUT2D eigenvalue weighted by molar-refractivity contribution is 6.35. The summed E-state index contributed by atoms with van der Waals surface area (Å²) in [4.78, 5) is 0. The van der Waals surface area contributed by atoms with E-state index in [2.05, 4.69) is 52.6 Å². The van der Waals surface area contributed by atoms with Crippen LogP contribution in [-0.4, -0.2) is 44.7 Å². The number of fused-ring (bicyclic) bond motifs is 1. The van der Waals surface area contributed by atoms with Gasteiger partial charge in [0, 0.05) is 36.2 Å². The highest BCUT2D eigenvalue weighted by atomic mass is 35.5. The van der Waals surface area contributed by atoms with Crippen LogP contribution in [0.1, 0.15) is 44.2 Å². The van der Waals surface area contributed by atoms with Crippen molar-refractivity contribution in [2.24, 2.45) is 0 Å². The first-order chi connectivity index (χ1) is 13.5. The quantitative estimate of drug-likeness (QED) is 0.530. The van der Waals surface area contributed by atoms with E-state index in [0.29, 0.717) is 12.1 Å². The van der Waals surface area contributed by atoms with Crippen LogP contribution < -0.4 is 31.3 Å². The standard InChI is InChI=1S/C21H32ClN5O/c1-12-4-5-14(6-8-24-12)18-19(22)16(11-15-7-9-28-20(15)18)26-21-25-13(2)10-17(23-3)27-21/h6,11-13,17,21,23-27H,4-5,7-10H2,1-3H3/t12-,13?,17?,21?/m0/s1. The largest absolute Gasteiger partial charge is 0.492 e. The van der Waals surface area contributed by atoms with Crippen molar-refractivity contribution in [2.45, 2.75) is 64.1 Å². The Morgan fingerprint density at radius 1 is 1.18 bits per heavy atom. The molecule has 3 aliphatic rings. The number of ether oxygens (including phenoxy) is 1. The highest BCUT2D eigenvalue weighted by Crippen LogP contribution is 2.45. The number of halogens is 1. The van der Waals surface area contributed by atoms with Crippen LogP contribution in [0.15, 0.2) is 12.1 Å². The predicted octanol–water partition coefficient (Wildman–Crippen LogP) is 2.64. The summed E-state index contributed by atoms with van der Waals surface area (Å²) in [5.74, 6) is 0.974. The number of hydrogen-bond donors (Lipinski definition) is 5. The average Bonchev–Trinajstić information content (AvgIpc) is 3.02. The maximum atomic E-state index is 6.97. The van der Waals surface area contributed by atoms with Crippen LogP contribution in [0.25, 0.3) is 5.57 Å². The van der Waals surface area contributed by atoms with E-state index >= 15 is 0 Å². The van der Waals surface area contributed by atoms with E-state index in [1.54, 1.807) is 0 Å². The molecule has 0 aliphatic carbocycles. The molecule has 1 aromatic carbocycles. The first kappa shape index (κ1) is 20.0. The molecule has 3 unspecified atom stereocenters. The van der Waals surface area contributed by atoms with Gasteiger partial charge in [-0.2, -0.15) is 0 Å². The number of hydrogen-bond acceptors (Lipinski definition) is 6. The molecule has 0 bridgehead atoms. The second-order valence-corrected chi connectivity index (χ2v) is 8.54. The Balaban J connectivity index is 1.65. The molecule has 4 rings (SSSR count). The molecule has 3 heterocycles. The van der Waals surface area contributed by atoms with Gasteiger partial charge in [-0.05, 0) is 51.8 Å². The SMILES string of the molecule is CNC1CC(C)NC(Nc2cc3c(c(C4=CCN[C@@H](C)CC4)c2Cl)OCC3)N1. The Bertz CT molecular complexity index is 753. The fourth-order valence-electron chi connectivity index (χ4n) is 4.35. The van der Waals surface area contributed by atoms with Gasteiger partial charge in [0.1, 0.15) is 12.0 Å². The van der Waals surface area contributed by atoms with E-state index in [9.17, 15) is 0 Å². The van der Waals surface area contributed by atoms with Gasteiger partial charge in [-0.1, -0.05) is 17.7 Å². The third-order valence-electron chi connectivity index (χ3n) is 5.95. The minimum Gasteiger partial charge on any atom is -0.492 e. The van der Waals surface area contributed by atoms with Gasteiger partial charge in [0.25, 0.3) is 0 Å². The topological polar surface area (TPSA) is 69.4 Å². The van der Waals surface area contributed by atoms with E-state index in [0.717, 1.165) is 60.9 Å². The van der Waals surface area contributed by atoms with E-state index in [4.69, 9.17) is 16.3 Å². The molecule has 0 amide bonds. The van der Waals surface area contributed by atoms with Crippen LogP contribution in [0.3, 0.4) is 0 Å². The third-order valence-corrected chi connectivity index (χ3v) is 6.34. The summed E-state index contributed by atoms with van der Waals surface area (Å²) < 4.78 is 6.01. The van der Waals surface area contributed by atoms with Gasteiger partial charge in [-0.3, -0.25) is 10.6 Å². The van der Waals surface area contributed by atoms with Crippen molar-refractivity contribution >= 4 is 22.9 Å². The van der Waals surface area contributed by atoms with E-state index in [1.165, 1.54) is 11.1 Å². The minimum absolute atomic E-state index is 0.0447. The monoisotopic (exact) mass is 405 g/mol. The van der Waals surface area contributed by atoms with Crippen molar-refractivity contribution in [3.8, 4) is 5.75 Å². The molecular formula is C21H32ClN5O.